The van der Waals surface area contributed by atoms with Gasteiger partial charge in [-0.3, -0.25) is 10.1 Å². The normalized spacial score (nSPS) is 23.8. The Morgan fingerprint density at radius 3 is 2.62 bits per heavy atom. The number of hydrogen-bond donors (Lipinski definition) is 1. The van der Waals surface area contributed by atoms with Crippen molar-refractivity contribution in [3.05, 3.63) is 78.0 Å². The summed E-state index contributed by atoms with van der Waals surface area (Å²) < 4.78 is 0. The van der Waals surface area contributed by atoms with Crippen LogP contribution in [0.15, 0.2) is 52.4 Å². The fraction of sp³-hybridized carbons (Fsp3) is 0.188. The average Bonchev–Trinajstić information content (AvgIpc) is 3.08. The molecular weight excluding hydrogens is 366 g/mol. The number of nitrogens with two attached hydrogens (primary N) is 1. The predicted molar refractivity (Wildman–Crippen MR) is 96.5 cm³/mol. The van der Waals surface area contributed by atoms with Gasteiger partial charge in [0.2, 0.25) is 6.04 Å². The van der Waals surface area contributed by atoms with Crippen LogP contribution in [0, 0.1) is 21.4 Å². The number of thiophene rings is 1. The molecule has 2 aromatic rings. The van der Waals surface area contributed by atoms with Crippen LogP contribution in [0.25, 0.3) is 0 Å². The van der Waals surface area contributed by atoms with Gasteiger partial charge in [0.1, 0.15) is 5.25 Å². The highest BCUT2D eigenvalue weighted by molar-refractivity contribution is 8.03. The highest BCUT2D eigenvalue weighted by Crippen LogP contribution is 2.52. The average molecular weight is 378 g/mol. The van der Waals surface area contributed by atoms with Crippen LogP contribution < -0.4 is 5.73 Å². The summed E-state index contributed by atoms with van der Waals surface area (Å²) in [6.07, 6.45) is 0. The van der Waals surface area contributed by atoms with E-state index in [2.05, 4.69) is 6.07 Å². The van der Waals surface area contributed by atoms with Crippen LogP contribution in [0.5, 0.6) is 0 Å². The Morgan fingerprint density at radius 1 is 1.29 bits per heavy atom. The highest BCUT2D eigenvalue weighted by atomic mass is 35.5. The van der Waals surface area contributed by atoms with Gasteiger partial charge in [-0.15, -0.1) is 11.3 Å². The first-order chi connectivity index (χ1) is 11.5. The lowest BCUT2D eigenvalue weighted by atomic mass is 9.83. The van der Waals surface area contributed by atoms with Crippen molar-refractivity contribution in [3.8, 4) is 6.07 Å². The molecular formula is C16H12ClN3O2S2. The summed E-state index contributed by atoms with van der Waals surface area (Å²) in [4.78, 5) is 12.4. The molecule has 0 bridgehead atoms. The minimum atomic E-state index is -1.02. The molecule has 0 amide bonds. The van der Waals surface area contributed by atoms with Gasteiger partial charge < -0.3 is 5.73 Å². The van der Waals surface area contributed by atoms with Gasteiger partial charge in [0.05, 0.1) is 22.6 Å². The highest BCUT2D eigenvalue weighted by Gasteiger charge is 2.49. The maximum atomic E-state index is 11.9. The van der Waals surface area contributed by atoms with Gasteiger partial charge in [0, 0.05) is 14.8 Å². The van der Waals surface area contributed by atoms with E-state index in [1.807, 2.05) is 17.5 Å². The molecule has 1 aromatic carbocycles. The fourth-order valence-electron chi connectivity index (χ4n) is 2.87. The minimum absolute atomic E-state index is 0.211. The third-order valence-electron chi connectivity index (χ3n) is 3.91. The molecule has 8 heteroatoms. The summed E-state index contributed by atoms with van der Waals surface area (Å²) in [6.45, 7) is 0. The van der Waals surface area contributed by atoms with Gasteiger partial charge in [-0.25, -0.2) is 0 Å². The molecule has 1 aliphatic heterocycles. The van der Waals surface area contributed by atoms with Crippen LogP contribution in [-0.2, 0) is 0 Å². The lowest BCUT2D eigenvalue weighted by Gasteiger charge is -2.32. The summed E-state index contributed by atoms with van der Waals surface area (Å²) >= 11 is 8.89. The number of rotatable bonds is 3. The molecule has 0 fully saturated rings. The number of nitro groups is 1. The van der Waals surface area contributed by atoms with E-state index in [4.69, 9.17) is 17.3 Å². The Labute approximate surface area is 151 Å². The molecule has 0 unspecified atom stereocenters. The number of thioether (sulfide) groups is 1. The third kappa shape index (κ3) is 2.88. The molecule has 2 heterocycles. The van der Waals surface area contributed by atoms with Gasteiger partial charge in [0.15, 0.2) is 0 Å². The second-order valence-corrected chi connectivity index (χ2v) is 7.79. The topological polar surface area (TPSA) is 93.0 Å². The fourth-order valence-corrected chi connectivity index (χ4v) is 5.35. The van der Waals surface area contributed by atoms with Gasteiger partial charge >= 0.3 is 0 Å². The Balaban J connectivity index is 2.21. The Kier molecular flexibility index (Phi) is 4.81. The van der Waals surface area contributed by atoms with Gasteiger partial charge in [-0.05, 0) is 23.1 Å². The van der Waals surface area contributed by atoms with Crippen LogP contribution in [-0.4, -0.2) is 11.0 Å². The van der Waals surface area contributed by atoms with Crippen LogP contribution in [0.1, 0.15) is 21.6 Å². The number of halogens is 1. The molecule has 122 valence electrons. The molecule has 0 aliphatic carbocycles. The monoisotopic (exact) mass is 377 g/mol. The zero-order chi connectivity index (χ0) is 17.3. The summed E-state index contributed by atoms with van der Waals surface area (Å²) in [6, 6.07) is 11.6. The van der Waals surface area contributed by atoms with Crippen molar-refractivity contribution < 1.29 is 4.92 Å². The molecule has 3 rings (SSSR count). The number of hydrogen-bond acceptors (Lipinski definition) is 6. The Morgan fingerprint density at radius 2 is 2.04 bits per heavy atom. The molecule has 0 saturated heterocycles. The van der Waals surface area contributed by atoms with Crippen molar-refractivity contribution in [2.24, 2.45) is 5.73 Å². The third-order valence-corrected chi connectivity index (χ3v) is 6.62. The minimum Gasteiger partial charge on any atom is -0.393 e. The molecule has 1 aliphatic rings. The Bertz CT molecular complexity index is 845. The first kappa shape index (κ1) is 16.8. The zero-order valence-electron chi connectivity index (χ0n) is 12.3. The zero-order valence-corrected chi connectivity index (χ0v) is 14.6. The van der Waals surface area contributed by atoms with E-state index in [-0.39, 0.29) is 10.5 Å². The molecule has 3 atom stereocenters. The van der Waals surface area contributed by atoms with Crippen molar-refractivity contribution in [2.75, 3.05) is 0 Å². The lowest BCUT2D eigenvalue weighted by molar-refractivity contribution is -0.525. The Hall–Kier alpha value is -2.01. The second-order valence-electron chi connectivity index (χ2n) is 5.22. The van der Waals surface area contributed by atoms with Crippen LogP contribution in [0.4, 0.5) is 0 Å². The number of nitriles is 1. The van der Waals surface area contributed by atoms with Crippen molar-refractivity contribution in [2.45, 2.75) is 17.2 Å². The van der Waals surface area contributed by atoms with E-state index in [1.165, 1.54) is 23.1 Å². The maximum Gasteiger partial charge on any atom is 0.241 e. The van der Waals surface area contributed by atoms with E-state index >= 15 is 0 Å². The summed E-state index contributed by atoms with van der Waals surface area (Å²) in [5.41, 5.74) is 6.85. The van der Waals surface area contributed by atoms with Gasteiger partial charge in [-0.2, -0.15) is 5.26 Å². The molecule has 5 nitrogen and oxygen atoms in total. The number of benzene rings is 1. The lowest BCUT2D eigenvalue weighted by Crippen LogP contribution is -2.37. The van der Waals surface area contributed by atoms with Crippen LogP contribution in [0.3, 0.4) is 0 Å². The first-order valence-corrected chi connectivity index (χ1v) is 9.16. The van der Waals surface area contributed by atoms with Crippen LogP contribution >= 0.6 is 34.7 Å². The molecule has 1 aromatic heterocycles. The molecule has 0 radical (unpaired) electrons. The van der Waals surface area contributed by atoms with E-state index < -0.39 is 17.2 Å². The van der Waals surface area contributed by atoms with Crippen molar-refractivity contribution in [1.82, 2.24) is 0 Å². The largest absolute Gasteiger partial charge is 0.393 e. The number of nitrogens with zero attached hydrogens (tertiary/aromatic N) is 2. The molecule has 0 saturated carbocycles. The predicted octanol–water partition coefficient (Wildman–Crippen LogP) is 4.31. The van der Waals surface area contributed by atoms with Gasteiger partial charge in [-0.1, -0.05) is 47.6 Å². The van der Waals surface area contributed by atoms with E-state index in [1.54, 1.807) is 24.3 Å². The van der Waals surface area contributed by atoms with Crippen molar-refractivity contribution in [1.29, 1.82) is 5.26 Å². The smallest absolute Gasteiger partial charge is 0.241 e. The summed E-state index contributed by atoms with van der Waals surface area (Å²) in [7, 11) is 0. The standard InChI is InChI=1S/C16H12ClN3O2S2/c17-11-5-2-1-4-9(11)13-10(8-18)16(19)24-15(14(13)20(21)22)12-6-3-7-23-12/h1-7,13-15H,19H2/t13-,14+,15-/m1/s1. The van der Waals surface area contributed by atoms with E-state index in [0.717, 1.165) is 4.88 Å². The molecule has 24 heavy (non-hydrogen) atoms. The van der Waals surface area contributed by atoms with Crippen molar-refractivity contribution in [3.63, 3.8) is 0 Å². The second kappa shape index (κ2) is 6.85. The first-order valence-electron chi connectivity index (χ1n) is 7.02. The van der Waals surface area contributed by atoms with Gasteiger partial charge in [0.25, 0.3) is 0 Å². The maximum absolute atomic E-state index is 11.9. The summed E-state index contributed by atoms with van der Waals surface area (Å²) in [5.74, 6) is -0.771. The van der Waals surface area contributed by atoms with E-state index in [9.17, 15) is 15.4 Å². The van der Waals surface area contributed by atoms with E-state index in [0.29, 0.717) is 15.6 Å². The van der Waals surface area contributed by atoms with Crippen LogP contribution in [0.2, 0.25) is 5.02 Å². The molecule has 2 N–H and O–H groups in total. The van der Waals surface area contributed by atoms with Crippen molar-refractivity contribution >= 4 is 34.7 Å². The SMILES string of the molecule is N#CC1=C(N)S[C@H](c2cccs2)[C@@H]([N+](=O)[O-])[C@@H]1c1ccccc1Cl. The quantitative estimate of drug-likeness (QED) is 0.635. The summed E-state index contributed by atoms with van der Waals surface area (Å²) in [5, 5.41) is 23.6. The molecule has 0 spiro atoms.